The quantitative estimate of drug-likeness (QED) is 0.868. The Kier molecular flexibility index (Phi) is 5.78. The number of carbonyl (C=O) groups is 1. The lowest BCUT2D eigenvalue weighted by Gasteiger charge is -2.27. The lowest BCUT2D eigenvalue weighted by Crippen LogP contribution is -2.39. The van der Waals surface area contributed by atoms with E-state index in [4.69, 9.17) is 16.7 Å². The fourth-order valence-corrected chi connectivity index (χ4v) is 4.06. The maximum atomic E-state index is 12.7. The minimum absolute atomic E-state index is 0.00634. The van der Waals surface area contributed by atoms with Crippen LogP contribution in [-0.4, -0.2) is 36.4 Å². The number of hydrogen-bond donors (Lipinski definition) is 1. The van der Waals surface area contributed by atoms with Gasteiger partial charge in [0.1, 0.15) is 0 Å². The van der Waals surface area contributed by atoms with Crippen LogP contribution >= 0.6 is 11.6 Å². The number of carboxylic acid groups (broad SMARTS) is 1. The summed E-state index contributed by atoms with van der Waals surface area (Å²) < 4.78 is 26.7. The molecule has 0 saturated carbocycles. The monoisotopic (exact) mass is 333 g/mol. The summed E-state index contributed by atoms with van der Waals surface area (Å²) in [6, 6.07) is 3.48. The molecule has 1 aromatic carbocycles. The first-order valence-corrected chi connectivity index (χ1v) is 8.43. The van der Waals surface area contributed by atoms with Gasteiger partial charge in [0.15, 0.2) is 0 Å². The second-order valence-corrected chi connectivity index (χ2v) is 7.81. The first-order chi connectivity index (χ1) is 9.57. The summed E-state index contributed by atoms with van der Waals surface area (Å²) in [4.78, 5) is 10.9. The van der Waals surface area contributed by atoms with Gasteiger partial charge in [0.05, 0.1) is 15.5 Å². The van der Waals surface area contributed by atoms with E-state index in [1.807, 2.05) is 13.8 Å². The molecule has 1 rings (SSSR count). The molecule has 0 aromatic heterocycles. The summed E-state index contributed by atoms with van der Waals surface area (Å²) in [5.41, 5.74) is -0.115. The van der Waals surface area contributed by atoms with E-state index in [-0.39, 0.29) is 27.4 Å². The highest BCUT2D eigenvalue weighted by atomic mass is 35.5. The summed E-state index contributed by atoms with van der Waals surface area (Å²) in [5.74, 6) is -1.01. The lowest BCUT2D eigenvalue weighted by molar-refractivity contribution is 0.0697. The highest BCUT2D eigenvalue weighted by molar-refractivity contribution is 7.89. The zero-order chi connectivity index (χ0) is 16.4. The Hall–Kier alpha value is -1.11. The van der Waals surface area contributed by atoms with Gasteiger partial charge in [-0.1, -0.05) is 25.4 Å². The molecule has 21 heavy (non-hydrogen) atoms. The van der Waals surface area contributed by atoms with Gasteiger partial charge in [-0.3, -0.25) is 0 Å². The zero-order valence-electron chi connectivity index (χ0n) is 12.5. The summed E-state index contributed by atoms with van der Waals surface area (Å²) in [6.45, 7) is 7.86. The molecule has 0 spiro atoms. The van der Waals surface area contributed by atoms with Gasteiger partial charge in [-0.15, -0.1) is 0 Å². The summed E-state index contributed by atoms with van der Waals surface area (Å²) in [6.07, 6.45) is 0. The Labute approximate surface area is 130 Å². The molecule has 0 atom stereocenters. The van der Waals surface area contributed by atoms with Crippen molar-refractivity contribution in [1.82, 2.24) is 4.31 Å². The van der Waals surface area contributed by atoms with Crippen molar-refractivity contribution in [2.75, 3.05) is 6.54 Å². The van der Waals surface area contributed by atoms with E-state index >= 15 is 0 Å². The molecular formula is C14H20ClNO4S. The van der Waals surface area contributed by atoms with Crippen LogP contribution in [0.25, 0.3) is 0 Å². The van der Waals surface area contributed by atoms with Gasteiger partial charge in [-0.2, -0.15) is 4.31 Å². The van der Waals surface area contributed by atoms with Crippen molar-refractivity contribution in [2.24, 2.45) is 5.92 Å². The lowest BCUT2D eigenvalue weighted by atomic mass is 10.2. The molecule has 0 amide bonds. The van der Waals surface area contributed by atoms with E-state index in [1.165, 1.54) is 22.5 Å². The Bertz CT molecular complexity index is 626. The molecule has 0 fully saturated rings. The molecule has 0 aliphatic rings. The molecule has 7 heteroatoms. The minimum Gasteiger partial charge on any atom is -0.478 e. The number of aromatic carboxylic acids is 1. The molecular weight excluding hydrogens is 314 g/mol. The average Bonchev–Trinajstić information content (AvgIpc) is 2.34. The molecule has 0 aliphatic carbocycles. The molecule has 0 radical (unpaired) electrons. The minimum atomic E-state index is -3.70. The fraction of sp³-hybridized carbons (Fsp3) is 0.500. The summed E-state index contributed by atoms with van der Waals surface area (Å²) >= 11 is 5.86. The molecule has 5 nitrogen and oxygen atoms in total. The smallest absolute Gasteiger partial charge is 0.337 e. The first kappa shape index (κ1) is 17.9. The second-order valence-electron chi connectivity index (χ2n) is 5.51. The van der Waals surface area contributed by atoms with Gasteiger partial charge in [-0.05, 0) is 38.0 Å². The fourth-order valence-electron chi connectivity index (χ4n) is 1.91. The van der Waals surface area contributed by atoms with E-state index < -0.39 is 16.0 Å². The number of carboxylic acids is 1. The van der Waals surface area contributed by atoms with Crippen molar-refractivity contribution >= 4 is 27.6 Å². The van der Waals surface area contributed by atoms with Crippen LogP contribution in [0.2, 0.25) is 5.02 Å². The van der Waals surface area contributed by atoms with Crippen molar-refractivity contribution in [3.05, 3.63) is 28.8 Å². The van der Waals surface area contributed by atoms with Gasteiger partial charge < -0.3 is 5.11 Å². The largest absolute Gasteiger partial charge is 0.478 e. The molecule has 0 unspecified atom stereocenters. The molecule has 1 N–H and O–H groups in total. The van der Waals surface area contributed by atoms with Crippen LogP contribution in [0, 0.1) is 5.92 Å². The van der Waals surface area contributed by atoms with E-state index in [9.17, 15) is 13.2 Å². The molecule has 0 aliphatic heterocycles. The zero-order valence-corrected chi connectivity index (χ0v) is 14.1. The standard InChI is InChI=1S/C14H20ClNO4S/c1-9(2)8-16(10(3)4)21(19,20)11-5-6-12(14(17)18)13(15)7-11/h5-7,9-10H,8H2,1-4H3,(H,17,18). The van der Waals surface area contributed by atoms with Crippen molar-refractivity contribution in [2.45, 2.75) is 38.6 Å². The van der Waals surface area contributed by atoms with Crippen LogP contribution < -0.4 is 0 Å². The average molecular weight is 334 g/mol. The SMILES string of the molecule is CC(C)CN(C(C)C)S(=O)(=O)c1ccc(C(=O)O)c(Cl)c1. The maximum Gasteiger partial charge on any atom is 0.337 e. The van der Waals surface area contributed by atoms with E-state index in [0.29, 0.717) is 6.54 Å². The van der Waals surface area contributed by atoms with E-state index in [0.717, 1.165) is 0 Å². The van der Waals surface area contributed by atoms with Crippen molar-refractivity contribution in [3.8, 4) is 0 Å². The van der Waals surface area contributed by atoms with Crippen LogP contribution in [-0.2, 0) is 10.0 Å². The van der Waals surface area contributed by atoms with E-state index in [2.05, 4.69) is 0 Å². The third kappa shape index (κ3) is 4.18. The number of hydrogen-bond acceptors (Lipinski definition) is 3. The van der Waals surface area contributed by atoms with Crippen LogP contribution in [0.1, 0.15) is 38.1 Å². The Morgan fingerprint density at radius 2 is 1.86 bits per heavy atom. The predicted octanol–water partition coefficient (Wildman–Crippen LogP) is 3.09. The van der Waals surface area contributed by atoms with Crippen LogP contribution in [0.5, 0.6) is 0 Å². The normalized spacial score (nSPS) is 12.4. The van der Waals surface area contributed by atoms with Crippen LogP contribution in [0.15, 0.2) is 23.1 Å². The van der Waals surface area contributed by atoms with Gasteiger partial charge >= 0.3 is 5.97 Å². The number of sulfonamides is 1. The first-order valence-electron chi connectivity index (χ1n) is 6.62. The van der Waals surface area contributed by atoms with Crippen LogP contribution in [0.3, 0.4) is 0 Å². The summed E-state index contributed by atoms with van der Waals surface area (Å²) in [7, 11) is -3.70. The number of halogens is 1. The summed E-state index contributed by atoms with van der Waals surface area (Å²) in [5, 5.41) is 8.85. The molecule has 0 bridgehead atoms. The maximum absolute atomic E-state index is 12.7. The number of benzene rings is 1. The van der Waals surface area contributed by atoms with Gasteiger partial charge in [0.25, 0.3) is 0 Å². The van der Waals surface area contributed by atoms with Gasteiger partial charge in [0.2, 0.25) is 10.0 Å². The topological polar surface area (TPSA) is 74.7 Å². The number of rotatable bonds is 6. The highest BCUT2D eigenvalue weighted by Gasteiger charge is 2.28. The third-order valence-corrected chi connectivity index (χ3v) is 5.25. The van der Waals surface area contributed by atoms with E-state index in [1.54, 1.807) is 13.8 Å². The Morgan fingerprint density at radius 3 is 2.24 bits per heavy atom. The van der Waals surface area contributed by atoms with Gasteiger partial charge in [0, 0.05) is 12.6 Å². The molecule has 0 heterocycles. The van der Waals surface area contributed by atoms with Crippen molar-refractivity contribution in [1.29, 1.82) is 0 Å². The second kappa shape index (κ2) is 6.77. The number of nitrogens with zero attached hydrogens (tertiary/aromatic N) is 1. The Balaban J connectivity index is 3.29. The van der Waals surface area contributed by atoms with Crippen LogP contribution in [0.4, 0.5) is 0 Å². The molecule has 0 saturated heterocycles. The molecule has 1 aromatic rings. The highest BCUT2D eigenvalue weighted by Crippen LogP contribution is 2.25. The van der Waals surface area contributed by atoms with Gasteiger partial charge in [-0.25, -0.2) is 13.2 Å². The third-order valence-electron chi connectivity index (χ3n) is 2.90. The predicted molar refractivity (Wildman–Crippen MR) is 82.3 cm³/mol. The molecule has 118 valence electrons. The Morgan fingerprint density at radius 1 is 1.29 bits per heavy atom. The van der Waals surface area contributed by atoms with Crippen molar-refractivity contribution in [3.63, 3.8) is 0 Å². The van der Waals surface area contributed by atoms with Crippen molar-refractivity contribution < 1.29 is 18.3 Å².